The molecule has 0 fully saturated rings. The maximum Gasteiger partial charge on any atom is 0.326 e. The van der Waals surface area contributed by atoms with E-state index < -0.39 is 28.6 Å². The van der Waals surface area contributed by atoms with Gasteiger partial charge in [0, 0.05) is 0 Å². The smallest absolute Gasteiger partial charge is 0.326 e. The van der Waals surface area contributed by atoms with E-state index in [9.17, 15) is 13.2 Å². The number of ether oxygens (including phenoxy) is 1. The average molecular weight is 315 g/mol. The Bertz CT molecular complexity index is 587. The van der Waals surface area contributed by atoms with Crippen molar-refractivity contribution in [2.24, 2.45) is 0 Å². The lowest BCUT2D eigenvalue weighted by Gasteiger charge is -2.19. The second-order valence-corrected chi connectivity index (χ2v) is 7.37. The minimum Gasteiger partial charge on any atom is -0.468 e. The van der Waals surface area contributed by atoms with E-state index in [4.69, 9.17) is 5.11 Å². The monoisotopic (exact) mass is 315 g/mol. The van der Waals surface area contributed by atoms with Crippen molar-refractivity contribution in [3.05, 3.63) is 29.8 Å². The minimum absolute atomic E-state index is 0.0258. The number of hydrogen-bond acceptors (Lipinski definition) is 5. The second kappa shape index (κ2) is 6.55. The molecule has 118 valence electrons. The molecule has 0 amide bonds. The summed E-state index contributed by atoms with van der Waals surface area (Å²) in [5.74, 6) is -0.840. The van der Waals surface area contributed by atoms with E-state index in [1.54, 1.807) is 12.1 Å². The molecule has 0 aliphatic rings. The molecule has 0 spiro atoms. The van der Waals surface area contributed by atoms with E-state index in [1.165, 1.54) is 12.1 Å². The summed E-state index contributed by atoms with van der Waals surface area (Å²) in [6.45, 7) is 5.39. The Balaban J connectivity index is 3.00. The number of carbonyl (C=O) groups is 1. The third-order valence-electron chi connectivity index (χ3n) is 3.00. The minimum atomic E-state index is -3.90. The predicted molar refractivity (Wildman–Crippen MR) is 78.4 cm³/mol. The fourth-order valence-electron chi connectivity index (χ4n) is 1.69. The van der Waals surface area contributed by atoms with Crippen molar-refractivity contribution in [2.75, 3.05) is 13.7 Å². The summed E-state index contributed by atoms with van der Waals surface area (Å²) in [6.07, 6.45) is 0. The third-order valence-corrected chi connectivity index (χ3v) is 4.48. The molecule has 1 unspecified atom stereocenters. The largest absolute Gasteiger partial charge is 0.468 e. The number of esters is 1. The summed E-state index contributed by atoms with van der Waals surface area (Å²) >= 11 is 0. The Kier molecular flexibility index (Phi) is 5.49. The molecular weight excluding hydrogens is 294 g/mol. The van der Waals surface area contributed by atoms with Gasteiger partial charge < -0.3 is 9.84 Å². The van der Waals surface area contributed by atoms with Gasteiger partial charge in [-0.05, 0) is 23.1 Å². The third kappa shape index (κ3) is 4.52. The van der Waals surface area contributed by atoms with Crippen LogP contribution in [0.1, 0.15) is 26.3 Å². The standard InChI is InChI=1S/C14H21NO5S/c1-14(2,3)10-5-7-11(8-6-10)21(18,19)15-12(9-16)13(17)20-4/h5-8,12,15-16H,9H2,1-4H3. The Labute approximate surface area is 125 Å². The maximum absolute atomic E-state index is 12.2. The first-order valence-corrected chi connectivity index (χ1v) is 7.91. The van der Waals surface area contributed by atoms with Crippen LogP contribution in [0.4, 0.5) is 0 Å². The molecule has 0 saturated carbocycles. The topological polar surface area (TPSA) is 92.7 Å². The van der Waals surface area contributed by atoms with Crippen LogP contribution in [-0.2, 0) is 25.0 Å². The van der Waals surface area contributed by atoms with Gasteiger partial charge >= 0.3 is 5.97 Å². The number of carbonyl (C=O) groups excluding carboxylic acids is 1. The second-order valence-electron chi connectivity index (χ2n) is 5.65. The van der Waals surface area contributed by atoms with Crippen molar-refractivity contribution in [1.29, 1.82) is 0 Å². The van der Waals surface area contributed by atoms with Gasteiger partial charge in [0.15, 0.2) is 0 Å². The molecule has 1 atom stereocenters. The fraction of sp³-hybridized carbons (Fsp3) is 0.500. The number of nitrogens with one attached hydrogen (secondary N) is 1. The molecule has 0 aromatic heterocycles. The molecule has 1 aromatic carbocycles. The van der Waals surface area contributed by atoms with Crippen molar-refractivity contribution in [1.82, 2.24) is 4.72 Å². The van der Waals surface area contributed by atoms with E-state index in [2.05, 4.69) is 9.46 Å². The van der Waals surface area contributed by atoms with Crippen molar-refractivity contribution in [3.63, 3.8) is 0 Å². The first-order chi connectivity index (χ1) is 9.61. The molecule has 0 aliphatic carbocycles. The number of aliphatic hydroxyl groups excluding tert-OH is 1. The van der Waals surface area contributed by atoms with Crippen LogP contribution in [0.2, 0.25) is 0 Å². The first-order valence-electron chi connectivity index (χ1n) is 6.43. The first kappa shape index (κ1) is 17.6. The zero-order valence-electron chi connectivity index (χ0n) is 12.6. The highest BCUT2D eigenvalue weighted by atomic mass is 32.2. The number of hydrogen-bond donors (Lipinski definition) is 2. The molecule has 0 bridgehead atoms. The lowest BCUT2D eigenvalue weighted by atomic mass is 9.87. The predicted octanol–water partition coefficient (Wildman–Crippen LogP) is 0.796. The normalized spacial score (nSPS) is 13.8. The van der Waals surface area contributed by atoms with Gasteiger partial charge in [-0.3, -0.25) is 4.79 Å². The molecular formula is C14H21NO5S. The Hall–Kier alpha value is -1.44. The molecule has 21 heavy (non-hydrogen) atoms. The number of rotatable bonds is 5. The quantitative estimate of drug-likeness (QED) is 0.784. The molecule has 2 N–H and O–H groups in total. The van der Waals surface area contributed by atoms with Gasteiger partial charge in [0.05, 0.1) is 18.6 Å². The molecule has 0 radical (unpaired) electrons. The number of aliphatic hydroxyl groups is 1. The van der Waals surface area contributed by atoms with Crippen LogP contribution in [0.15, 0.2) is 29.2 Å². The Morgan fingerprint density at radius 1 is 1.29 bits per heavy atom. The van der Waals surface area contributed by atoms with E-state index >= 15 is 0 Å². The van der Waals surface area contributed by atoms with Gasteiger partial charge in [-0.15, -0.1) is 0 Å². The zero-order chi connectivity index (χ0) is 16.3. The highest BCUT2D eigenvalue weighted by molar-refractivity contribution is 7.89. The summed E-state index contributed by atoms with van der Waals surface area (Å²) in [5, 5.41) is 9.06. The summed E-state index contributed by atoms with van der Waals surface area (Å²) < 4.78 is 30.8. The van der Waals surface area contributed by atoms with Crippen LogP contribution in [0, 0.1) is 0 Å². The van der Waals surface area contributed by atoms with Gasteiger partial charge in [0.2, 0.25) is 10.0 Å². The number of methoxy groups -OCH3 is 1. The summed E-state index contributed by atoms with van der Waals surface area (Å²) in [7, 11) is -2.78. The Morgan fingerprint density at radius 2 is 1.81 bits per heavy atom. The van der Waals surface area contributed by atoms with Crippen LogP contribution >= 0.6 is 0 Å². The van der Waals surface area contributed by atoms with Gasteiger partial charge in [-0.25, -0.2) is 8.42 Å². The molecule has 7 heteroatoms. The summed E-state index contributed by atoms with van der Waals surface area (Å²) in [4.78, 5) is 11.4. The number of benzene rings is 1. The van der Waals surface area contributed by atoms with Crippen LogP contribution in [0.5, 0.6) is 0 Å². The van der Waals surface area contributed by atoms with Gasteiger partial charge in [0.1, 0.15) is 6.04 Å². The van der Waals surface area contributed by atoms with Crippen LogP contribution in [-0.4, -0.2) is 39.3 Å². The summed E-state index contributed by atoms with van der Waals surface area (Å²) in [5.41, 5.74) is 0.906. The van der Waals surface area contributed by atoms with Crippen LogP contribution < -0.4 is 4.72 Å². The van der Waals surface area contributed by atoms with Crippen molar-refractivity contribution in [3.8, 4) is 0 Å². The SMILES string of the molecule is COC(=O)C(CO)NS(=O)(=O)c1ccc(C(C)(C)C)cc1. The molecule has 0 saturated heterocycles. The molecule has 0 heterocycles. The van der Waals surface area contributed by atoms with Crippen LogP contribution in [0.3, 0.4) is 0 Å². The lowest BCUT2D eigenvalue weighted by molar-refractivity contribution is -0.143. The zero-order valence-corrected chi connectivity index (χ0v) is 13.4. The van der Waals surface area contributed by atoms with E-state index in [0.29, 0.717) is 0 Å². The number of sulfonamides is 1. The van der Waals surface area contributed by atoms with E-state index in [-0.39, 0.29) is 10.3 Å². The molecule has 1 aromatic rings. The lowest BCUT2D eigenvalue weighted by Crippen LogP contribution is -2.43. The molecule has 6 nitrogen and oxygen atoms in total. The fourth-order valence-corrected chi connectivity index (χ4v) is 2.87. The highest BCUT2D eigenvalue weighted by Crippen LogP contribution is 2.23. The van der Waals surface area contributed by atoms with Crippen molar-refractivity contribution >= 4 is 16.0 Å². The van der Waals surface area contributed by atoms with Gasteiger partial charge in [0.25, 0.3) is 0 Å². The van der Waals surface area contributed by atoms with Gasteiger partial charge in [-0.2, -0.15) is 4.72 Å². The molecule has 1 rings (SSSR count). The van der Waals surface area contributed by atoms with Crippen LogP contribution in [0.25, 0.3) is 0 Å². The Morgan fingerprint density at radius 3 is 2.19 bits per heavy atom. The van der Waals surface area contributed by atoms with E-state index in [1.807, 2.05) is 20.8 Å². The van der Waals surface area contributed by atoms with Crippen molar-refractivity contribution in [2.45, 2.75) is 37.1 Å². The maximum atomic E-state index is 12.2. The van der Waals surface area contributed by atoms with Crippen molar-refractivity contribution < 1.29 is 23.1 Å². The van der Waals surface area contributed by atoms with E-state index in [0.717, 1.165) is 12.7 Å². The average Bonchev–Trinajstić information content (AvgIpc) is 2.43. The molecule has 0 aliphatic heterocycles. The van der Waals surface area contributed by atoms with Gasteiger partial charge in [-0.1, -0.05) is 32.9 Å². The highest BCUT2D eigenvalue weighted by Gasteiger charge is 2.26. The summed E-state index contributed by atoms with van der Waals surface area (Å²) in [6, 6.07) is 5.06.